The van der Waals surface area contributed by atoms with E-state index in [1.807, 2.05) is 48.1 Å². The molecule has 0 saturated heterocycles. The van der Waals surface area contributed by atoms with Gasteiger partial charge in [0.05, 0.1) is 5.52 Å². The summed E-state index contributed by atoms with van der Waals surface area (Å²) in [4.78, 5) is 4.08. The molecule has 1 unspecified atom stereocenters. The second-order valence-electron chi connectivity index (χ2n) is 5.29. The molecule has 7 heteroatoms. The fourth-order valence-electron chi connectivity index (χ4n) is 2.74. The Bertz CT molecular complexity index is 960. The number of nitrogens with zero attached hydrogens (tertiary/aromatic N) is 6. The molecule has 6 nitrogen and oxygen atoms in total. The normalized spacial score (nSPS) is 12.6. The van der Waals surface area contributed by atoms with E-state index in [1.54, 1.807) is 11.0 Å². The van der Waals surface area contributed by atoms with Crippen LogP contribution in [0.5, 0.6) is 0 Å². The molecule has 0 N–H and O–H groups in total. The molecule has 0 saturated carbocycles. The highest BCUT2D eigenvalue weighted by molar-refractivity contribution is 6.30. The first-order chi connectivity index (χ1) is 11.2. The van der Waals surface area contributed by atoms with E-state index in [0.29, 0.717) is 5.02 Å². The molecule has 0 bridgehead atoms. The Labute approximate surface area is 137 Å². The highest BCUT2D eigenvalue weighted by Crippen LogP contribution is 2.29. The molecule has 4 aromatic rings. The molecular formula is C16H13ClN6. The standard InChI is InChI=1S/C16H13ClN6/c1-22-15-8-12(5-6-14(15)20-21-22)16(23-10-18-9-19-23)11-3-2-4-13(17)7-11/h2-10,16H,1H3. The Kier molecular flexibility index (Phi) is 3.31. The van der Waals surface area contributed by atoms with Crippen molar-refractivity contribution in [2.24, 2.45) is 7.05 Å². The molecule has 2 aromatic carbocycles. The smallest absolute Gasteiger partial charge is 0.137 e. The number of halogens is 1. The van der Waals surface area contributed by atoms with E-state index in [2.05, 4.69) is 26.5 Å². The number of aromatic nitrogens is 6. The van der Waals surface area contributed by atoms with Crippen molar-refractivity contribution in [3.63, 3.8) is 0 Å². The molecule has 2 aromatic heterocycles. The number of fused-ring (bicyclic) bond motifs is 1. The molecule has 0 aliphatic heterocycles. The van der Waals surface area contributed by atoms with Gasteiger partial charge in [-0.25, -0.2) is 14.3 Å². The molecule has 0 amide bonds. The summed E-state index contributed by atoms with van der Waals surface area (Å²) in [7, 11) is 1.88. The number of aryl methyl sites for hydroxylation is 1. The van der Waals surface area contributed by atoms with Crippen molar-refractivity contribution in [1.82, 2.24) is 29.8 Å². The minimum Gasteiger partial charge on any atom is -0.248 e. The molecule has 1 atom stereocenters. The fourth-order valence-corrected chi connectivity index (χ4v) is 2.94. The highest BCUT2D eigenvalue weighted by Gasteiger charge is 2.18. The predicted molar refractivity (Wildman–Crippen MR) is 87.2 cm³/mol. The third-order valence-corrected chi connectivity index (χ3v) is 4.05. The van der Waals surface area contributed by atoms with E-state index in [9.17, 15) is 0 Å². The van der Waals surface area contributed by atoms with Gasteiger partial charge < -0.3 is 0 Å². The van der Waals surface area contributed by atoms with Crippen LogP contribution in [-0.4, -0.2) is 29.8 Å². The van der Waals surface area contributed by atoms with Crippen LogP contribution in [0, 0.1) is 0 Å². The summed E-state index contributed by atoms with van der Waals surface area (Å²) in [5, 5.41) is 13.2. The fraction of sp³-hybridized carbons (Fsp3) is 0.125. The summed E-state index contributed by atoms with van der Waals surface area (Å²) >= 11 is 6.17. The lowest BCUT2D eigenvalue weighted by atomic mass is 9.98. The molecule has 0 spiro atoms. The van der Waals surface area contributed by atoms with Gasteiger partial charge in [0, 0.05) is 12.1 Å². The average Bonchev–Trinajstić information content (AvgIpc) is 3.19. The van der Waals surface area contributed by atoms with Gasteiger partial charge in [0.1, 0.15) is 24.2 Å². The lowest BCUT2D eigenvalue weighted by molar-refractivity contribution is 0.594. The van der Waals surface area contributed by atoms with E-state index in [1.165, 1.54) is 6.33 Å². The molecule has 114 valence electrons. The Morgan fingerprint density at radius 3 is 2.74 bits per heavy atom. The Hall–Kier alpha value is -2.73. The van der Waals surface area contributed by atoms with E-state index in [-0.39, 0.29) is 6.04 Å². The summed E-state index contributed by atoms with van der Waals surface area (Å²) in [5.74, 6) is 0. The number of rotatable bonds is 3. The van der Waals surface area contributed by atoms with Crippen LogP contribution in [0.4, 0.5) is 0 Å². The van der Waals surface area contributed by atoms with Crippen molar-refractivity contribution < 1.29 is 0 Å². The summed E-state index contributed by atoms with van der Waals surface area (Å²) in [6, 6.07) is 13.7. The van der Waals surface area contributed by atoms with Gasteiger partial charge >= 0.3 is 0 Å². The van der Waals surface area contributed by atoms with Crippen LogP contribution in [0.25, 0.3) is 11.0 Å². The second-order valence-corrected chi connectivity index (χ2v) is 5.73. The van der Waals surface area contributed by atoms with E-state index in [4.69, 9.17) is 11.6 Å². The quantitative estimate of drug-likeness (QED) is 0.581. The first-order valence-corrected chi connectivity index (χ1v) is 7.49. The first-order valence-electron chi connectivity index (χ1n) is 7.11. The topological polar surface area (TPSA) is 61.4 Å². The van der Waals surface area contributed by atoms with Gasteiger partial charge in [0.2, 0.25) is 0 Å². The van der Waals surface area contributed by atoms with E-state index >= 15 is 0 Å². The lowest BCUT2D eigenvalue weighted by Crippen LogP contribution is -2.13. The second kappa shape index (κ2) is 5.48. The third kappa shape index (κ3) is 2.47. The average molecular weight is 325 g/mol. The van der Waals surface area contributed by atoms with Crippen molar-refractivity contribution in [2.45, 2.75) is 6.04 Å². The maximum Gasteiger partial charge on any atom is 0.137 e. The summed E-state index contributed by atoms with van der Waals surface area (Å²) in [6.45, 7) is 0. The minimum atomic E-state index is -0.115. The van der Waals surface area contributed by atoms with Crippen LogP contribution >= 0.6 is 11.6 Å². The molecular weight excluding hydrogens is 312 g/mol. The molecule has 0 aliphatic carbocycles. The van der Waals surface area contributed by atoms with E-state index in [0.717, 1.165) is 22.2 Å². The summed E-state index contributed by atoms with van der Waals surface area (Å²) in [6.07, 6.45) is 3.24. The SMILES string of the molecule is Cn1nnc2ccc(C(c3cccc(Cl)c3)n3cncn3)cc21. The maximum atomic E-state index is 6.17. The lowest BCUT2D eigenvalue weighted by Gasteiger charge is -2.18. The molecule has 23 heavy (non-hydrogen) atoms. The van der Waals surface area contributed by atoms with Gasteiger partial charge in [-0.1, -0.05) is 35.0 Å². The summed E-state index contributed by atoms with van der Waals surface area (Å²) in [5.41, 5.74) is 3.93. The third-order valence-electron chi connectivity index (χ3n) is 3.82. The van der Waals surface area contributed by atoms with E-state index < -0.39 is 0 Å². The molecule has 0 fully saturated rings. The predicted octanol–water partition coefficient (Wildman–Crippen LogP) is 2.85. The number of hydrogen-bond acceptors (Lipinski definition) is 4. The molecule has 0 radical (unpaired) electrons. The van der Waals surface area contributed by atoms with Crippen molar-refractivity contribution in [1.29, 1.82) is 0 Å². The van der Waals surface area contributed by atoms with Crippen molar-refractivity contribution in [3.8, 4) is 0 Å². The maximum absolute atomic E-state index is 6.17. The van der Waals surface area contributed by atoms with Crippen LogP contribution in [0.2, 0.25) is 5.02 Å². The first kappa shape index (κ1) is 13.9. The van der Waals surface area contributed by atoms with Crippen LogP contribution in [0.3, 0.4) is 0 Å². The Balaban J connectivity index is 1.91. The molecule has 4 rings (SSSR count). The zero-order valence-corrected chi connectivity index (χ0v) is 13.1. The van der Waals surface area contributed by atoms with Gasteiger partial charge in [-0.3, -0.25) is 0 Å². The highest BCUT2D eigenvalue weighted by atomic mass is 35.5. The zero-order valence-electron chi connectivity index (χ0n) is 12.3. The Morgan fingerprint density at radius 2 is 1.96 bits per heavy atom. The van der Waals surface area contributed by atoms with Crippen molar-refractivity contribution >= 4 is 22.6 Å². The Morgan fingerprint density at radius 1 is 1.09 bits per heavy atom. The minimum absolute atomic E-state index is 0.115. The van der Waals surface area contributed by atoms with Crippen molar-refractivity contribution in [3.05, 3.63) is 71.3 Å². The van der Waals surface area contributed by atoms with Crippen molar-refractivity contribution in [2.75, 3.05) is 0 Å². The molecule has 2 heterocycles. The monoisotopic (exact) mass is 324 g/mol. The summed E-state index contributed by atoms with van der Waals surface area (Å²) < 4.78 is 3.58. The van der Waals surface area contributed by atoms with Crippen LogP contribution < -0.4 is 0 Å². The van der Waals surface area contributed by atoms with Crippen LogP contribution in [-0.2, 0) is 7.05 Å². The zero-order chi connectivity index (χ0) is 15.8. The number of benzene rings is 2. The van der Waals surface area contributed by atoms with Gasteiger partial charge in [0.15, 0.2) is 0 Å². The van der Waals surface area contributed by atoms with Crippen LogP contribution in [0.15, 0.2) is 55.1 Å². The largest absolute Gasteiger partial charge is 0.248 e. The van der Waals surface area contributed by atoms with Gasteiger partial charge in [0.25, 0.3) is 0 Å². The van der Waals surface area contributed by atoms with Gasteiger partial charge in [-0.2, -0.15) is 5.10 Å². The van der Waals surface area contributed by atoms with Gasteiger partial charge in [-0.05, 0) is 35.4 Å². The molecule has 0 aliphatic rings. The van der Waals surface area contributed by atoms with Gasteiger partial charge in [-0.15, -0.1) is 5.10 Å². The number of hydrogen-bond donors (Lipinski definition) is 0. The van der Waals surface area contributed by atoms with Crippen LogP contribution in [0.1, 0.15) is 17.2 Å².